The lowest BCUT2D eigenvalue weighted by Crippen LogP contribution is -2.54. The van der Waals surface area contributed by atoms with Crippen molar-refractivity contribution in [2.75, 3.05) is 4.90 Å². The minimum Gasteiger partial charge on any atom is -0.487 e. The number of ether oxygens (including phenoxy) is 1. The molecule has 2 amide bonds. The molecule has 1 aliphatic rings. The van der Waals surface area contributed by atoms with Gasteiger partial charge in [-0.05, 0) is 65.5 Å². The van der Waals surface area contributed by atoms with Crippen LogP contribution in [0.3, 0.4) is 0 Å². The second-order valence-electron chi connectivity index (χ2n) is 8.48. The number of thiocarbonyl (C=S) groups is 1. The number of amides is 2. The highest BCUT2D eigenvalue weighted by atomic mass is 35.5. The molecule has 8 nitrogen and oxygen atoms in total. The molecule has 1 saturated heterocycles. The number of hydrogen-bond donors (Lipinski definition) is 1. The molecule has 1 N–H and O–H groups in total. The number of nitrogens with one attached hydrogen (secondary N) is 1. The second kappa shape index (κ2) is 9.70. The standard InChI is InChI=1S/C28H18ClN5O3S/c29-18-7-9-20(10-8-18)34-26(36)23(25(35)32-28(34)38)14-22-21-5-2-1-4-17(21)6-11-24(22)37-16-19-15-33-13-3-12-30-27(33)31-19/h1-15H,16H2,(H,32,35,38). The van der Waals surface area contributed by atoms with Crippen LogP contribution in [-0.4, -0.2) is 31.3 Å². The van der Waals surface area contributed by atoms with Crippen LogP contribution in [0.1, 0.15) is 11.3 Å². The van der Waals surface area contributed by atoms with Crippen LogP contribution in [0.2, 0.25) is 5.02 Å². The van der Waals surface area contributed by atoms with E-state index in [0.717, 1.165) is 10.8 Å². The number of aromatic nitrogens is 3. The van der Waals surface area contributed by atoms with Crippen LogP contribution in [0.5, 0.6) is 5.75 Å². The van der Waals surface area contributed by atoms with Crippen LogP contribution in [0.25, 0.3) is 22.6 Å². The number of imidazole rings is 1. The maximum atomic E-state index is 13.6. The third-order valence-corrected chi connectivity index (χ3v) is 6.60. The number of benzene rings is 3. The first-order chi connectivity index (χ1) is 18.5. The predicted molar refractivity (Wildman–Crippen MR) is 149 cm³/mol. The molecule has 3 aromatic carbocycles. The summed E-state index contributed by atoms with van der Waals surface area (Å²) in [5, 5.41) is 4.88. The summed E-state index contributed by atoms with van der Waals surface area (Å²) in [5.74, 6) is -0.0791. The molecule has 0 spiro atoms. The summed E-state index contributed by atoms with van der Waals surface area (Å²) in [6.45, 7) is 0.166. The van der Waals surface area contributed by atoms with Crippen molar-refractivity contribution in [3.05, 3.63) is 107 Å². The van der Waals surface area contributed by atoms with Gasteiger partial charge in [0, 0.05) is 29.2 Å². The molecule has 0 saturated carbocycles. The van der Waals surface area contributed by atoms with Gasteiger partial charge in [0.2, 0.25) is 5.78 Å². The first-order valence-corrected chi connectivity index (χ1v) is 12.4. The fourth-order valence-corrected chi connectivity index (χ4v) is 4.68. The van der Waals surface area contributed by atoms with E-state index in [4.69, 9.17) is 28.6 Å². The van der Waals surface area contributed by atoms with Crippen LogP contribution in [0, 0.1) is 0 Å². The Bertz CT molecular complexity index is 1750. The van der Waals surface area contributed by atoms with E-state index < -0.39 is 11.8 Å². The van der Waals surface area contributed by atoms with Gasteiger partial charge in [-0.3, -0.25) is 24.2 Å². The third-order valence-electron chi connectivity index (χ3n) is 6.07. The van der Waals surface area contributed by atoms with Gasteiger partial charge in [0.05, 0.1) is 11.4 Å². The molecule has 186 valence electrons. The molecule has 2 aromatic heterocycles. The van der Waals surface area contributed by atoms with Gasteiger partial charge in [-0.1, -0.05) is 41.9 Å². The Hall–Kier alpha value is -4.60. The Balaban J connectivity index is 1.41. The molecular weight excluding hydrogens is 522 g/mol. The highest BCUT2D eigenvalue weighted by Gasteiger charge is 2.34. The predicted octanol–water partition coefficient (Wildman–Crippen LogP) is 4.95. The zero-order chi connectivity index (χ0) is 26.2. The highest BCUT2D eigenvalue weighted by molar-refractivity contribution is 7.80. The van der Waals surface area contributed by atoms with E-state index in [9.17, 15) is 9.59 Å². The average Bonchev–Trinajstić information content (AvgIpc) is 3.34. The molecule has 1 fully saturated rings. The summed E-state index contributed by atoms with van der Waals surface area (Å²) < 4.78 is 7.98. The van der Waals surface area contributed by atoms with E-state index in [2.05, 4.69) is 15.3 Å². The minimum atomic E-state index is -0.587. The first-order valence-electron chi connectivity index (χ1n) is 11.6. The fourth-order valence-electron chi connectivity index (χ4n) is 4.28. The molecule has 1 aliphatic heterocycles. The van der Waals surface area contributed by atoms with Crippen molar-refractivity contribution < 1.29 is 14.3 Å². The van der Waals surface area contributed by atoms with Gasteiger partial charge in [0.25, 0.3) is 11.8 Å². The molecule has 0 atom stereocenters. The second-order valence-corrected chi connectivity index (χ2v) is 9.30. The lowest BCUT2D eigenvalue weighted by atomic mass is 9.99. The zero-order valence-electron chi connectivity index (χ0n) is 19.7. The molecular formula is C28H18ClN5O3S. The van der Waals surface area contributed by atoms with Crippen molar-refractivity contribution in [3.8, 4) is 5.75 Å². The van der Waals surface area contributed by atoms with Crippen molar-refractivity contribution in [2.45, 2.75) is 6.61 Å². The number of halogens is 1. The average molecular weight is 540 g/mol. The fraction of sp³-hybridized carbons (Fsp3) is 0.0357. The maximum absolute atomic E-state index is 13.6. The van der Waals surface area contributed by atoms with Gasteiger partial charge in [-0.2, -0.15) is 0 Å². The molecule has 0 radical (unpaired) electrons. The van der Waals surface area contributed by atoms with E-state index in [1.807, 2.05) is 54.9 Å². The maximum Gasteiger partial charge on any atom is 0.270 e. The summed E-state index contributed by atoms with van der Waals surface area (Å²) in [7, 11) is 0. The number of hydrogen-bond acceptors (Lipinski definition) is 6. The minimum absolute atomic E-state index is 0.00526. The number of fused-ring (bicyclic) bond motifs is 2. The Labute approximate surface area is 227 Å². The van der Waals surface area contributed by atoms with Crippen LogP contribution >= 0.6 is 23.8 Å². The van der Waals surface area contributed by atoms with Crippen molar-refractivity contribution >= 4 is 69.1 Å². The summed E-state index contributed by atoms with van der Waals surface area (Å²) in [4.78, 5) is 36.5. The molecule has 0 aliphatic carbocycles. The largest absolute Gasteiger partial charge is 0.487 e. The quantitative estimate of drug-likeness (QED) is 0.193. The molecule has 0 bridgehead atoms. The van der Waals surface area contributed by atoms with Crippen LogP contribution in [0.4, 0.5) is 5.69 Å². The monoisotopic (exact) mass is 539 g/mol. The number of anilines is 1. The van der Waals surface area contributed by atoms with Gasteiger partial charge in [0.1, 0.15) is 17.9 Å². The molecule has 38 heavy (non-hydrogen) atoms. The van der Waals surface area contributed by atoms with Crippen LogP contribution in [0.15, 0.2) is 90.9 Å². The first kappa shape index (κ1) is 23.8. The highest BCUT2D eigenvalue weighted by Crippen LogP contribution is 2.32. The zero-order valence-corrected chi connectivity index (χ0v) is 21.2. The van der Waals surface area contributed by atoms with Crippen molar-refractivity contribution in [3.63, 3.8) is 0 Å². The number of rotatable bonds is 5. The van der Waals surface area contributed by atoms with E-state index >= 15 is 0 Å². The molecule has 0 unspecified atom stereocenters. The topological polar surface area (TPSA) is 88.8 Å². The van der Waals surface area contributed by atoms with E-state index in [-0.39, 0.29) is 17.3 Å². The Kier molecular flexibility index (Phi) is 6.07. The summed E-state index contributed by atoms with van der Waals surface area (Å²) in [5.41, 5.74) is 1.69. The Morgan fingerprint density at radius 2 is 1.84 bits per heavy atom. The van der Waals surface area contributed by atoms with Crippen LogP contribution < -0.4 is 15.0 Å². The Morgan fingerprint density at radius 3 is 2.66 bits per heavy atom. The third kappa shape index (κ3) is 4.38. The molecule has 10 heteroatoms. The SMILES string of the molecule is O=C1NC(=S)N(c2ccc(Cl)cc2)C(=O)C1=Cc1c(OCc2cn3cccnc3n2)ccc2ccccc12. The number of nitrogens with zero attached hydrogens (tertiary/aromatic N) is 4. The lowest BCUT2D eigenvalue weighted by Gasteiger charge is -2.29. The Morgan fingerprint density at radius 1 is 1.03 bits per heavy atom. The molecule has 3 heterocycles. The smallest absolute Gasteiger partial charge is 0.270 e. The van der Waals surface area contributed by atoms with E-state index in [0.29, 0.717) is 33.5 Å². The normalized spacial score (nSPS) is 14.9. The lowest BCUT2D eigenvalue weighted by molar-refractivity contribution is -0.122. The van der Waals surface area contributed by atoms with Gasteiger partial charge in [0.15, 0.2) is 5.11 Å². The number of carbonyl (C=O) groups is 2. The van der Waals surface area contributed by atoms with Gasteiger partial charge < -0.3 is 4.74 Å². The van der Waals surface area contributed by atoms with Crippen molar-refractivity contribution in [1.29, 1.82) is 0 Å². The van der Waals surface area contributed by atoms with Crippen molar-refractivity contribution in [2.24, 2.45) is 0 Å². The van der Waals surface area contributed by atoms with E-state index in [1.165, 1.54) is 4.90 Å². The van der Waals surface area contributed by atoms with E-state index in [1.54, 1.807) is 40.9 Å². The summed E-state index contributed by atoms with van der Waals surface area (Å²) in [6.07, 6.45) is 6.91. The summed E-state index contributed by atoms with van der Waals surface area (Å²) >= 11 is 11.3. The number of carbonyl (C=O) groups excluding carboxylic acids is 2. The van der Waals surface area contributed by atoms with Crippen LogP contribution in [-0.2, 0) is 16.2 Å². The molecule has 6 rings (SSSR count). The van der Waals surface area contributed by atoms with Gasteiger partial charge in [-0.25, -0.2) is 9.97 Å². The summed E-state index contributed by atoms with van der Waals surface area (Å²) in [6, 6.07) is 19.9. The molecule has 5 aromatic rings. The van der Waals surface area contributed by atoms with Gasteiger partial charge >= 0.3 is 0 Å². The van der Waals surface area contributed by atoms with Gasteiger partial charge in [-0.15, -0.1) is 0 Å². The van der Waals surface area contributed by atoms with Crippen molar-refractivity contribution in [1.82, 2.24) is 19.7 Å².